The Hall–Kier alpha value is -0.0900. The molecule has 0 aromatic carbocycles. The van der Waals surface area contributed by atoms with Gasteiger partial charge in [-0.3, -0.25) is 0 Å². The SMILES string of the molecule is CC1Cc2sc(Cl)cc2C(CO)N1. The first kappa shape index (κ1) is 9.46. The van der Waals surface area contributed by atoms with Crippen LogP contribution < -0.4 is 5.32 Å². The molecule has 0 aliphatic carbocycles. The van der Waals surface area contributed by atoms with E-state index in [-0.39, 0.29) is 12.6 Å². The Morgan fingerprint density at radius 2 is 2.54 bits per heavy atom. The fraction of sp³-hybridized carbons (Fsp3) is 0.556. The van der Waals surface area contributed by atoms with Crippen molar-refractivity contribution in [1.29, 1.82) is 0 Å². The summed E-state index contributed by atoms with van der Waals surface area (Å²) in [6.07, 6.45) is 1.02. The average molecular weight is 218 g/mol. The Kier molecular flexibility index (Phi) is 2.60. The summed E-state index contributed by atoms with van der Waals surface area (Å²) >= 11 is 7.56. The van der Waals surface area contributed by atoms with Crippen LogP contribution in [-0.2, 0) is 6.42 Å². The molecule has 2 heterocycles. The molecule has 72 valence electrons. The zero-order chi connectivity index (χ0) is 9.42. The van der Waals surface area contributed by atoms with Crippen LogP contribution in [0.3, 0.4) is 0 Å². The fourth-order valence-corrected chi connectivity index (χ4v) is 3.26. The summed E-state index contributed by atoms with van der Waals surface area (Å²) in [5, 5.41) is 12.5. The highest BCUT2D eigenvalue weighted by molar-refractivity contribution is 7.16. The average Bonchev–Trinajstić information content (AvgIpc) is 2.43. The lowest BCUT2D eigenvalue weighted by Crippen LogP contribution is -2.38. The standard InChI is InChI=1S/C9H12ClNOS/c1-5-2-8-6(3-9(10)13-8)7(4-12)11-5/h3,5,7,11-12H,2,4H2,1H3. The molecule has 1 aromatic rings. The highest BCUT2D eigenvalue weighted by Crippen LogP contribution is 2.34. The molecular weight excluding hydrogens is 206 g/mol. The molecule has 2 unspecified atom stereocenters. The van der Waals surface area contributed by atoms with Crippen molar-refractivity contribution in [3.05, 3.63) is 20.8 Å². The second-order valence-corrected chi connectivity index (χ2v) is 5.20. The Labute approximate surface area is 86.5 Å². The maximum absolute atomic E-state index is 9.16. The summed E-state index contributed by atoms with van der Waals surface area (Å²) in [6.45, 7) is 2.27. The minimum atomic E-state index is 0.0718. The van der Waals surface area contributed by atoms with Crippen molar-refractivity contribution >= 4 is 22.9 Å². The van der Waals surface area contributed by atoms with E-state index in [2.05, 4.69) is 12.2 Å². The Morgan fingerprint density at radius 1 is 1.77 bits per heavy atom. The highest BCUT2D eigenvalue weighted by atomic mass is 35.5. The third-order valence-electron chi connectivity index (χ3n) is 2.35. The van der Waals surface area contributed by atoms with E-state index in [9.17, 15) is 0 Å². The first-order chi connectivity index (χ1) is 6.20. The number of hydrogen-bond donors (Lipinski definition) is 2. The zero-order valence-electron chi connectivity index (χ0n) is 7.38. The fourth-order valence-electron chi connectivity index (χ4n) is 1.78. The molecule has 0 saturated carbocycles. The molecule has 2 N–H and O–H groups in total. The number of hydrogen-bond acceptors (Lipinski definition) is 3. The largest absolute Gasteiger partial charge is 0.394 e. The van der Waals surface area contributed by atoms with Crippen LogP contribution in [0.25, 0.3) is 0 Å². The number of nitrogens with one attached hydrogen (secondary N) is 1. The number of thiophene rings is 1. The van der Waals surface area contributed by atoms with Crippen molar-refractivity contribution in [2.24, 2.45) is 0 Å². The van der Waals surface area contributed by atoms with E-state index in [1.165, 1.54) is 10.4 Å². The van der Waals surface area contributed by atoms with Gasteiger partial charge in [0.1, 0.15) is 0 Å². The van der Waals surface area contributed by atoms with Crippen molar-refractivity contribution in [1.82, 2.24) is 5.32 Å². The van der Waals surface area contributed by atoms with E-state index >= 15 is 0 Å². The molecule has 0 radical (unpaired) electrons. The molecule has 2 rings (SSSR count). The lowest BCUT2D eigenvalue weighted by Gasteiger charge is -2.27. The van der Waals surface area contributed by atoms with Gasteiger partial charge in [0.2, 0.25) is 0 Å². The third-order valence-corrected chi connectivity index (χ3v) is 3.65. The summed E-state index contributed by atoms with van der Waals surface area (Å²) in [7, 11) is 0. The number of aliphatic hydroxyl groups excluding tert-OH is 1. The second kappa shape index (κ2) is 3.58. The lowest BCUT2D eigenvalue weighted by atomic mass is 9.99. The first-order valence-corrected chi connectivity index (χ1v) is 5.55. The minimum absolute atomic E-state index is 0.0718. The van der Waals surface area contributed by atoms with Gasteiger partial charge in [0.05, 0.1) is 17.0 Å². The Balaban J connectivity index is 2.36. The smallest absolute Gasteiger partial charge is 0.0934 e. The van der Waals surface area contributed by atoms with Crippen molar-refractivity contribution in [3.63, 3.8) is 0 Å². The van der Waals surface area contributed by atoms with Gasteiger partial charge >= 0.3 is 0 Å². The molecule has 0 fully saturated rings. The molecule has 1 aliphatic heterocycles. The molecule has 0 bridgehead atoms. The molecular formula is C9H12ClNOS. The maximum Gasteiger partial charge on any atom is 0.0934 e. The molecule has 0 saturated heterocycles. The Morgan fingerprint density at radius 3 is 3.23 bits per heavy atom. The summed E-state index contributed by atoms with van der Waals surface area (Å²) in [5.74, 6) is 0. The number of rotatable bonds is 1. The topological polar surface area (TPSA) is 32.3 Å². The van der Waals surface area contributed by atoms with E-state index in [0.29, 0.717) is 6.04 Å². The van der Waals surface area contributed by atoms with Gasteiger partial charge in [-0.1, -0.05) is 11.6 Å². The van der Waals surface area contributed by atoms with Gasteiger partial charge in [-0.05, 0) is 25.0 Å². The summed E-state index contributed by atoms with van der Waals surface area (Å²) in [5.41, 5.74) is 1.18. The molecule has 0 spiro atoms. The van der Waals surface area contributed by atoms with E-state index < -0.39 is 0 Å². The van der Waals surface area contributed by atoms with Crippen molar-refractivity contribution in [2.45, 2.75) is 25.4 Å². The molecule has 1 aliphatic rings. The summed E-state index contributed by atoms with van der Waals surface area (Å²) in [4.78, 5) is 1.32. The zero-order valence-corrected chi connectivity index (χ0v) is 8.95. The van der Waals surface area contributed by atoms with Crippen molar-refractivity contribution in [2.75, 3.05) is 6.61 Å². The van der Waals surface area contributed by atoms with Gasteiger partial charge < -0.3 is 10.4 Å². The molecule has 2 nitrogen and oxygen atoms in total. The van der Waals surface area contributed by atoms with Crippen LogP contribution in [0.2, 0.25) is 4.34 Å². The molecule has 13 heavy (non-hydrogen) atoms. The normalized spacial score (nSPS) is 27.3. The predicted octanol–water partition coefficient (Wildman–Crippen LogP) is 1.97. The molecule has 1 aromatic heterocycles. The van der Waals surface area contributed by atoms with E-state index in [4.69, 9.17) is 16.7 Å². The maximum atomic E-state index is 9.16. The van der Waals surface area contributed by atoms with Gasteiger partial charge in [-0.25, -0.2) is 0 Å². The van der Waals surface area contributed by atoms with Gasteiger partial charge in [-0.2, -0.15) is 0 Å². The van der Waals surface area contributed by atoms with Crippen LogP contribution in [0.4, 0.5) is 0 Å². The Bertz CT molecular complexity index is 313. The first-order valence-electron chi connectivity index (χ1n) is 4.35. The van der Waals surface area contributed by atoms with Crippen LogP contribution in [-0.4, -0.2) is 17.8 Å². The number of fused-ring (bicyclic) bond motifs is 1. The van der Waals surface area contributed by atoms with E-state index in [0.717, 1.165) is 10.8 Å². The van der Waals surface area contributed by atoms with Crippen LogP contribution in [0.5, 0.6) is 0 Å². The molecule has 0 amide bonds. The third kappa shape index (κ3) is 1.74. The molecule has 4 heteroatoms. The predicted molar refractivity (Wildman–Crippen MR) is 55.5 cm³/mol. The van der Waals surface area contributed by atoms with Crippen LogP contribution >= 0.6 is 22.9 Å². The minimum Gasteiger partial charge on any atom is -0.394 e. The number of halogens is 1. The van der Waals surface area contributed by atoms with Crippen molar-refractivity contribution < 1.29 is 5.11 Å². The monoisotopic (exact) mass is 217 g/mol. The number of aliphatic hydroxyl groups is 1. The summed E-state index contributed by atoms with van der Waals surface area (Å²) < 4.78 is 0.819. The summed E-state index contributed by atoms with van der Waals surface area (Å²) in [6, 6.07) is 2.46. The van der Waals surface area contributed by atoms with E-state index in [1.807, 2.05) is 6.07 Å². The van der Waals surface area contributed by atoms with Gasteiger partial charge in [0, 0.05) is 10.9 Å². The highest BCUT2D eigenvalue weighted by Gasteiger charge is 2.25. The second-order valence-electron chi connectivity index (χ2n) is 3.44. The van der Waals surface area contributed by atoms with Crippen LogP contribution in [0, 0.1) is 0 Å². The lowest BCUT2D eigenvalue weighted by molar-refractivity contribution is 0.228. The van der Waals surface area contributed by atoms with Gasteiger partial charge in [0.25, 0.3) is 0 Å². The van der Waals surface area contributed by atoms with Gasteiger partial charge in [-0.15, -0.1) is 11.3 Å². The quantitative estimate of drug-likeness (QED) is 0.754. The van der Waals surface area contributed by atoms with Gasteiger partial charge in [0.15, 0.2) is 0 Å². The van der Waals surface area contributed by atoms with Crippen LogP contribution in [0.1, 0.15) is 23.4 Å². The molecule has 2 atom stereocenters. The van der Waals surface area contributed by atoms with Crippen LogP contribution in [0.15, 0.2) is 6.07 Å². The van der Waals surface area contributed by atoms with Crippen molar-refractivity contribution in [3.8, 4) is 0 Å². The van der Waals surface area contributed by atoms with E-state index in [1.54, 1.807) is 11.3 Å².